The summed E-state index contributed by atoms with van der Waals surface area (Å²) in [5, 5.41) is 8.93. The zero-order chi connectivity index (χ0) is 13.0. The van der Waals surface area contributed by atoms with Crippen molar-refractivity contribution in [3.63, 3.8) is 0 Å². The average molecular weight is 256 g/mol. The fourth-order valence-corrected chi connectivity index (χ4v) is 2.67. The van der Waals surface area contributed by atoms with Gasteiger partial charge in [0.15, 0.2) is 0 Å². The fraction of sp³-hybridized carbons (Fsp3) is 0.923. The summed E-state index contributed by atoms with van der Waals surface area (Å²) in [5.41, 5.74) is 0. The van der Waals surface area contributed by atoms with Crippen molar-refractivity contribution in [2.75, 3.05) is 40.0 Å². The van der Waals surface area contributed by atoms with E-state index in [9.17, 15) is 4.79 Å². The van der Waals surface area contributed by atoms with Crippen LogP contribution in [0.1, 0.15) is 25.7 Å². The summed E-state index contributed by atoms with van der Waals surface area (Å²) in [6.45, 7) is 4.60. The summed E-state index contributed by atoms with van der Waals surface area (Å²) in [6, 6.07) is 0. The zero-order valence-corrected chi connectivity index (χ0v) is 11.2. The van der Waals surface area contributed by atoms with Crippen LogP contribution in [0.15, 0.2) is 0 Å². The largest absolute Gasteiger partial charge is 0.481 e. The van der Waals surface area contributed by atoms with Crippen molar-refractivity contribution in [3.8, 4) is 0 Å². The van der Waals surface area contributed by atoms with E-state index in [1.165, 1.54) is 0 Å². The van der Waals surface area contributed by atoms with E-state index in [0.29, 0.717) is 12.8 Å². The predicted molar refractivity (Wildman–Crippen MR) is 68.4 cm³/mol. The topological polar surface area (TPSA) is 53.0 Å². The Hall–Kier alpha value is -0.650. The quantitative estimate of drug-likeness (QED) is 0.808. The van der Waals surface area contributed by atoms with Crippen LogP contribution in [-0.2, 0) is 9.53 Å². The fourth-order valence-electron chi connectivity index (χ4n) is 2.67. The van der Waals surface area contributed by atoms with Crippen LogP contribution in [0.3, 0.4) is 0 Å². The van der Waals surface area contributed by atoms with Crippen LogP contribution in [-0.4, -0.2) is 66.9 Å². The average Bonchev–Trinajstić information content (AvgIpc) is 2.38. The molecule has 0 bridgehead atoms. The highest BCUT2D eigenvalue weighted by Gasteiger charge is 2.25. The maximum absolute atomic E-state index is 10.8. The van der Waals surface area contributed by atoms with Gasteiger partial charge in [0.05, 0.1) is 18.8 Å². The highest BCUT2D eigenvalue weighted by molar-refractivity contribution is 5.70. The first kappa shape index (κ1) is 13.8. The molecule has 0 aromatic carbocycles. The summed E-state index contributed by atoms with van der Waals surface area (Å²) in [6.07, 6.45) is 4.13. The Morgan fingerprint density at radius 2 is 1.78 bits per heavy atom. The Labute approximate surface area is 109 Å². The van der Waals surface area contributed by atoms with Crippen molar-refractivity contribution in [1.82, 2.24) is 9.80 Å². The molecule has 0 atom stereocenters. The van der Waals surface area contributed by atoms with Crippen LogP contribution in [0.4, 0.5) is 0 Å². The molecule has 2 rings (SSSR count). The molecule has 18 heavy (non-hydrogen) atoms. The number of aliphatic carboxylic acids is 1. The third kappa shape index (κ3) is 3.93. The Balaban J connectivity index is 1.62. The lowest BCUT2D eigenvalue weighted by Crippen LogP contribution is -2.40. The molecule has 0 radical (unpaired) electrons. The van der Waals surface area contributed by atoms with Gasteiger partial charge in [-0.2, -0.15) is 0 Å². The molecular formula is C13H24N2O3. The van der Waals surface area contributed by atoms with Crippen LogP contribution in [0.2, 0.25) is 0 Å². The van der Waals surface area contributed by atoms with Crippen molar-refractivity contribution < 1.29 is 14.6 Å². The van der Waals surface area contributed by atoms with Crippen molar-refractivity contribution in [2.24, 2.45) is 5.92 Å². The molecule has 0 amide bonds. The molecule has 0 unspecified atom stereocenters. The molecule has 0 spiro atoms. The number of hydrogen-bond donors (Lipinski definition) is 1. The monoisotopic (exact) mass is 256 g/mol. The van der Waals surface area contributed by atoms with E-state index in [1.807, 2.05) is 0 Å². The van der Waals surface area contributed by atoms with E-state index < -0.39 is 5.97 Å². The lowest BCUT2D eigenvalue weighted by Gasteiger charge is -2.33. The van der Waals surface area contributed by atoms with Gasteiger partial charge in [0.25, 0.3) is 0 Å². The van der Waals surface area contributed by atoms with Crippen LogP contribution in [0.25, 0.3) is 0 Å². The van der Waals surface area contributed by atoms with Gasteiger partial charge in [0.2, 0.25) is 0 Å². The Morgan fingerprint density at radius 3 is 2.33 bits per heavy atom. The Bertz CT molecular complexity index is 269. The standard InChI is InChI=1S/C13H24N2O3/c1-14-6-4-12(5-7-14)18-10-15-8-2-11(3-9-15)13(16)17/h11-12H,2-10H2,1H3,(H,16,17). The molecule has 0 aromatic heterocycles. The molecule has 104 valence electrons. The number of ether oxygens (including phenoxy) is 1. The molecule has 2 aliphatic heterocycles. The van der Waals surface area contributed by atoms with Crippen molar-refractivity contribution in [1.29, 1.82) is 0 Å². The van der Waals surface area contributed by atoms with Gasteiger partial charge in [-0.1, -0.05) is 0 Å². The number of piperidine rings is 2. The van der Waals surface area contributed by atoms with Crippen molar-refractivity contribution in [2.45, 2.75) is 31.8 Å². The summed E-state index contributed by atoms with van der Waals surface area (Å²) in [4.78, 5) is 15.4. The molecule has 0 aliphatic carbocycles. The number of likely N-dealkylation sites (tertiary alicyclic amines) is 2. The van der Waals surface area contributed by atoms with Crippen LogP contribution < -0.4 is 0 Å². The molecular weight excluding hydrogens is 232 g/mol. The number of rotatable bonds is 4. The predicted octanol–water partition coefficient (Wildman–Crippen LogP) is 0.851. The smallest absolute Gasteiger partial charge is 0.306 e. The number of nitrogens with zero attached hydrogens (tertiary/aromatic N) is 2. The van der Waals surface area contributed by atoms with Crippen molar-refractivity contribution in [3.05, 3.63) is 0 Å². The van der Waals surface area contributed by atoms with E-state index >= 15 is 0 Å². The van der Waals surface area contributed by atoms with Crippen molar-refractivity contribution >= 4 is 5.97 Å². The molecule has 2 fully saturated rings. The molecule has 0 saturated carbocycles. The molecule has 5 nitrogen and oxygen atoms in total. The molecule has 0 aromatic rings. The minimum atomic E-state index is -0.647. The number of hydrogen-bond acceptors (Lipinski definition) is 4. The highest BCUT2D eigenvalue weighted by atomic mass is 16.5. The van der Waals surface area contributed by atoms with Crippen LogP contribution in [0, 0.1) is 5.92 Å². The van der Waals surface area contributed by atoms with Gasteiger partial charge < -0.3 is 14.7 Å². The molecule has 2 aliphatic rings. The maximum atomic E-state index is 10.8. The summed E-state index contributed by atoms with van der Waals surface area (Å²) >= 11 is 0. The second-order valence-electron chi connectivity index (χ2n) is 5.53. The first-order chi connectivity index (χ1) is 8.65. The molecule has 2 saturated heterocycles. The SMILES string of the molecule is CN1CCC(OCN2CCC(C(=O)O)CC2)CC1. The van der Waals surface area contributed by atoms with E-state index in [-0.39, 0.29) is 5.92 Å². The Kier molecular flexibility index (Phi) is 4.97. The first-order valence-corrected chi connectivity index (χ1v) is 6.90. The van der Waals surface area contributed by atoms with Gasteiger partial charge >= 0.3 is 5.97 Å². The van der Waals surface area contributed by atoms with E-state index in [1.54, 1.807) is 0 Å². The second kappa shape index (κ2) is 6.50. The minimum Gasteiger partial charge on any atom is -0.481 e. The number of carboxylic acids is 1. The van der Waals surface area contributed by atoms with E-state index in [0.717, 1.165) is 51.9 Å². The second-order valence-corrected chi connectivity index (χ2v) is 5.53. The van der Waals surface area contributed by atoms with Gasteiger partial charge in [-0.05, 0) is 32.7 Å². The van der Waals surface area contributed by atoms with Gasteiger partial charge in [-0.15, -0.1) is 0 Å². The van der Waals surface area contributed by atoms with Gasteiger partial charge in [0, 0.05) is 26.2 Å². The highest BCUT2D eigenvalue weighted by Crippen LogP contribution is 2.18. The summed E-state index contributed by atoms with van der Waals surface area (Å²) in [5.74, 6) is -0.796. The third-order valence-corrected chi connectivity index (χ3v) is 4.10. The van der Waals surface area contributed by atoms with Gasteiger partial charge in [-0.25, -0.2) is 0 Å². The lowest BCUT2D eigenvalue weighted by molar-refractivity contribution is -0.144. The molecule has 5 heteroatoms. The minimum absolute atomic E-state index is 0.149. The first-order valence-electron chi connectivity index (χ1n) is 6.90. The van der Waals surface area contributed by atoms with E-state index in [4.69, 9.17) is 9.84 Å². The molecule has 1 N–H and O–H groups in total. The lowest BCUT2D eigenvalue weighted by atomic mass is 9.97. The van der Waals surface area contributed by atoms with Crippen LogP contribution >= 0.6 is 0 Å². The number of carboxylic acid groups (broad SMARTS) is 1. The zero-order valence-electron chi connectivity index (χ0n) is 11.2. The van der Waals surface area contributed by atoms with Gasteiger partial charge in [0.1, 0.15) is 0 Å². The van der Waals surface area contributed by atoms with E-state index in [2.05, 4.69) is 16.8 Å². The van der Waals surface area contributed by atoms with Crippen LogP contribution in [0.5, 0.6) is 0 Å². The number of carbonyl (C=O) groups is 1. The normalized spacial score (nSPS) is 25.4. The summed E-state index contributed by atoms with van der Waals surface area (Å²) < 4.78 is 5.92. The molecule has 2 heterocycles. The Morgan fingerprint density at radius 1 is 1.17 bits per heavy atom. The third-order valence-electron chi connectivity index (χ3n) is 4.10. The summed E-state index contributed by atoms with van der Waals surface area (Å²) in [7, 11) is 2.15. The maximum Gasteiger partial charge on any atom is 0.306 e. The van der Waals surface area contributed by atoms with Gasteiger partial charge in [-0.3, -0.25) is 9.69 Å².